The molecule has 2 N–H and O–H groups in total. The maximum atomic E-state index is 12.3. The van der Waals surface area contributed by atoms with Crippen molar-refractivity contribution in [1.29, 1.82) is 0 Å². The monoisotopic (exact) mass is 356 g/mol. The predicted octanol–water partition coefficient (Wildman–Crippen LogP) is 3.04. The van der Waals surface area contributed by atoms with E-state index in [0.29, 0.717) is 12.0 Å². The number of nitrogens with one attached hydrogen (secondary N) is 2. The lowest BCUT2D eigenvalue weighted by Gasteiger charge is -2.31. The number of hydrogen-bond donors (Lipinski definition) is 2. The standard InChI is InChI=1S/C15H21BrN2OS/c1-10-9-17-8-7-14(10)18-15(19)11(2)20-13-5-3-12(16)4-6-13/h3-6,10-11,14,17H,7-9H2,1-2H3,(H,18,19). The number of piperidine rings is 1. The fraction of sp³-hybridized carbons (Fsp3) is 0.533. The number of carbonyl (C=O) groups is 1. The highest BCUT2D eigenvalue weighted by Gasteiger charge is 2.24. The van der Waals surface area contributed by atoms with Gasteiger partial charge in [0.1, 0.15) is 0 Å². The number of thioether (sulfide) groups is 1. The zero-order valence-electron chi connectivity index (χ0n) is 11.9. The molecule has 0 aromatic heterocycles. The molecule has 110 valence electrons. The van der Waals surface area contributed by atoms with E-state index in [1.54, 1.807) is 11.8 Å². The van der Waals surface area contributed by atoms with Crippen LogP contribution in [0.5, 0.6) is 0 Å². The van der Waals surface area contributed by atoms with Crippen molar-refractivity contribution in [2.45, 2.75) is 36.5 Å². The van der Waals surface area contributed by atoms with E-state index in [9.17, 15) is 4.79 Å². The third kappa shape index (κ3) is 4.50. The first-order valence-electron chi connectivity index (χ1n) is 6.99. The Kier molecular flexibility index (Phi) is 5.93. The smallest absolute Gasteiger partial charge is 0.233 e. The summed E-state index contributed by atoms with van der Waals surface area (Å²) in [5.41, 5.74) is 0. The molecule has 3 atom stereocenters. The molecule has 1 aromatic rings. The summed E-state index contributed by atoms with van der Waals surface area (Å²) in [5.74, 6) is 0.634. The fourth-order valence-corrected chi connectivity index (χ4v) is 3.44. The van der Waals surface area contributed by atoms with Crippen LogP contribution in [0.25, 0.3) is 0 Å². The molecule has 5 heteroatoms. The van der Waals surface area contributed by atoms with E-state index in [1.165, 1.54) is 0 Å². The van der Waals surface area contributed by atoms with Gasteiger partial charge in [-0.2, -0.15) is 0 Å². The van der Waals surface area contributed by atoms with Gasteiger partial charge >= 0.3 is 0 Å². The molecule has 0 bridgehead atoms. The second-order valence-electron chi connectivity index (χ2n) is 5.30. The third-order valence-electron chi connectivity index (χ3n) is 3.61. The number of benzene rings is 1. The van der Waals surface area contributed by atoms with Crippen molar-refractivity contribution in [3.05, 3.63) is 28.7 Å². The summed E-state index contributed by atoms with van der Waals surface area (Å²) in [4.78, 5) is 13.4. The molecule has 0 aliphatic carbocycles. The fourth-order valence-electron chi connectivity index (χ4n) is 2.30. The summed E-state index contributed by atoms with van der Waals surface area (Å²) in [6.07, 6.45) is 1.02. The lowest BCUT2D eigenvalue weighted by atomic mass is 9.95. The average Bonchev–Trinajstić information content (AvgIpc) is 2.44. The quantitative estimate of drug-likeness (QED) is 0.814. The van der Waals surface area contributed by atoms with Gasteiger partial charge in [0.2, 0.25) is 5.91 Å². The Hall–Kier alpha value is -0.520. The summed E-state index contributed by atoms with van der Waals surface area (Å²) >= 11 is 5.02. The number of hydrogen-bond acceptors (Lipinski definition) is 3. The highest BCUT2D eigenvalue weighted by atomic mass is 79.9. The van der Waals surface area contributed by atoms with Crippen LogP contribution in [-0.4, -0.2) is 30.3 Å². The van der Waals surface area contributed by atoms with Gasteiger partial charge in [-0.15, -0.1) is 11.8 Å². The lowest BCUT2D eigenvalue weighted by molar-refractivity contribution is -0.121. The van der Waals surface area contributed by atoms with E-state index in [4.69, 9.17) is 0 Å². The van der Waals surface area contributed by atoms with E-state index >= 15 is 0 Å². The minimum atomic E-state index is -0.0711. The minimum Gasteiger partial charge on any atom is -0.352 e. The molecule has 1 fully saturated rings. The molecule has 3 nitrogen and oxygen atoms in total. The van der Waals surface area contributed by atoms with Gasteiger partial charge in [0.25, 0.3) is 0 Å². The summed E-state index contributed by atoms with van der Waals surface area (Å²) in [7, 11) is 0. The van der Waals surface area contributed by atoms with Gasteiger partial charge in [0, 0.05) is 15.4 Å². The van der Waals surface area contributed by atoms with Crippen LogP contribution in [0.3, 0.4) is 0 Å². The van der Waals surface area contributed by atoms with Crippen LogP contribution in [0.4, 0.5) is 0 Å². The minimum absolute atomic E-state index is 0.0711. The van der Waals surface area contributed by atoms with E-state index in [0.717, 1.165) is 28.9 Å². The van der Waals surface area contributed by atoms with E-state index in [-0.39, 0.29) is 11.2 Å². The molecule has 1 heterocycles. The van der Waals surface area contributed by atoms with E-state index in [2.05, 4.69) is 33.5 Å². The molecule has 1 aliphatic rings. The highest BCUT2D eigenvalue weighted by molar-refractivity contribution is 9.10. The molecular weight excluding hydrogens is 336 g/mol. The van der Waals surface area contributed by atoms with Crippen molar-refractivity contribution in [3.8, 4) is 0 Å². The predicted molar refractivity (Wildman–Crippen MR) is 88.0 cm³/mol. The zero-order chi connectivity index (χ0) is 14.5. The van der Waals surface area contributed by atoms with Crippen molar-refractivity contribution >= 4 is 33.6 Å². The molecule has 1 amide bonds. The molecule has 0 radical (unpaired) electrons. The van der Waals surface area contributed by atoms with Gasteiger partial charge in [-0.05, 0) is 56.6 Å². The Morgan fingerprint density at radius 3 is 2.80 bits per heavy atom. The van der Waals surface area contributed by atoms with Crippen LogP contribution in [0.2, 0.25) is 0 Å². The molecule has 0 spiro atoms. The molecule has 1 aliphatic heterocycles. The van der Waals surface area contributed by atoms with Gasteiger partial charge in [-0.3, -0.25) is 4.79 Å². The van der Waals surface area contributed by atoms with Crippen molar-refractivity contribution in [1.82, 2.24) is 10.6 Å². The SMILES string of the molecule is CC(Sc1ccc(Br)cc1)C(=O)NC1CCNCC1C. The summed E-state index contributed by atoms with van der Waals surface area (Å²) < 4.78 is 1.06. The Balaban J connectivity index is 1.86. The first-order valence-corrected chi connectivity index (χ1v) is 8.67. The Morgan fingerprint density at radius 2 is 2.15 bits per heavy atom. The summed E-state index contributed by atoms with van der Waals surface area (Å²) in [5, 5.41) is 6.47. The van der Waals surface area contributed by atoms with Gasteiger partial charge in [-0.1, -0.05) is 22.9 Å². The van der Waals surface area contributed by atoms with Crippen molar-refractivity contribution in [2.24, 2.45) is 5.92 Å². The highest BCUT2D eigenvalue weighted by Crippen LogP contribution is 2.25. The molecule has 3 unspecified atom stereocenters. The van der Waals surface area contributed by atoms with Crippen LogP contribution < -0.4 is 10.6 Å². The lowest BCUT2D eigenvalue weighted by Crippen LogP contribution is -2.50. The largest absolute Gasteiger partial charge is 0.352 e. The van der Waals surface area contributed by atoms with Crippen LogP contribution >= 0.6 is 27.7 Å². The van der Waals surface area contributed by atoms with Crippen molar-refractivity contribution < 1.29 is 4.79 Å². The number of halogens is 1. The number of rotatable bonds is 4. The number of amides is 1. The first kappa shape index (κ1) is 15.9. The number of carbonyl (C=O) groups excluding carboxylic acids is 1. The van der Waals surface area contributed by atoms with E-state index < -0.39 is 0 Å². The van der Waals surface area contributed by atoms with Crippen LogP contribution in [0, 0.1) is 5.92 Å². The molecule has 0 saturated carbocycles. The molecule has 1 saturated heterocycles. The second kappa shape index (κ2) is 7.48. The first-order chi connectivity index (χ1) is 9.56. The Morgan fingerprint density at radius 1 is 1.45 bits per heavy atom. The molecule has 2 rings (SSSR count). The van der Waals surface area contributed by atoms with Crippen LogP contribution in [-0.2, 0) is 4.79 Å². The molecule has 1 aromatic carbocycles. The zero-order valence-corrected chi connectivity index (χ0v) is 14.3. The second-order valence-corrected chi connectivity index (χ2v) is 7.63. The topological polar surface area (TPSA) is 41.1 Å². The summed E-state index contributed by atoms with van der Waals surface area (Å²) in [6, 6.07) is 8.37. The van der Waals surface area contributed by atoms with Gasteiger partial charge < -0.3 is 10.6 Å². The Bertz CT molecular complexity index is 452. The normalized spacial score (nSPS) is 24.1. The van der Waals surface area contributed by atoms with E-state index in [1.807, 2.05) is 31.2 Å². The van der Waals surface area contributed by atoms with Crippen molar-refractivity contribution in [3.63, 3.8) is 0 Å². The maximum absolute atomic E-state index is 12.3. The van der Waals surface area contributed by atoms with Crippen molar-refractivity contribution in [2.75, 3.05) is 13.1 Å². The van der Waals surface area contributed by atoms with Crippen LogP contribution in [0.15, 0.2) is 33.6 Å². The Labute approximate surface area is 133 Å². The molecule has 20 heavy (non-hydrogen) atoms. The van der Waals surface area contributed by atoms with Gasteiger partial charge in [0.15, 0.2) is 0 Å². The summed E-state index contributed by atoms with van der Waals surface area (Å²) in [6.45, 7) is 6.13. The maximum Gasteiger partial charge on any atom is 0.233 e. The van der Waals surface area contributed by atoms with Crippen LogP contribution in [0.1, 0.15) is 20.3 Å². The third-order valence-corrected chi connectivity index (χ3v) is 5.25. The van der Waals surface area contributed by atoms with Gasteiger partial charge in [-0.25, -0.2) is 0 Å². The average molecular weight is 357 g/mol. The van der Waals surface area contributed by atoms with Gasteiger partial charge in [0.05, 0.1) is 5.25 Å². The molecular formula is C15H21BrN2OS.